The molecule has 1 aliphatic heterocycles. The molecule has 1 aromatic rings. The van der Waals surface area contributed by atoms with E-state index in [1.165, 1.54) is 0 Å². The van der Waals surface area contributed by atoms with E-state index in [2.05, 4.69) is 29.6 Å². The number of hydrogen-bond acceptors (Lipinski definition) is 4. The third kappa shape index (κ3) is 2.71. The Bertz CT molecular complexity index is 496. The number of amides is 1. The summed E-state index contributed by atoms with van der Waals surface area (Å²) in [5.41, 5.74) is 2.35. The molecule has 1 aromatic heterocycles. The Morgan fingerprint density at radius 3 is 2.81 bits per heavy atom. The first kappa shape index (κ1) is 14.6. The van der Waals surface area contributed by atoms with E-state index >= 15 is 0 Å². The van der Waals surface area contributed by atoms with Gasteiger partial charge in [-0.05, 0) is 44.2 Å². The van der Waals surface area contributed by atoms with Gasteiger partial charge in [0.25, 0.3) is 0 Å². The van der Waals surface area contributed by atoms with Crippen LogP contribution in [0.3, 0.4) is 0 Å². The maximum Gasteiger partial charge on any atom is 0.223 e. The van der Waals surface area contributed by atoms with Gasteiger partial charge in [0.2, 0.25) is 5.91 Å². The van der Waals surface area contributed by atoms with Crippen LogP contribution in [0.2, 0.25) is 0 Å². The number of hydrogen-bond donors (Lipinski definition) is 2. The monoisotopic (exact) mass is 291 g/mol. The summed E-state index contributed by atoms with van der Waals surface area (Å²) in [4.78, 5) is 12.4. The number of piperidine rings is 1. The lowest BCUT2D eigenvalue weighted by molar-refractivity contribution is -0.123. The molecule has 5 nitrogen and oxygen atoms in total. The average Bonchev–Trinajstić information content (AvgIpc) is 3.05. The van der Waals surface area contributed by atoms with E-state index in [0.29, 0.717) is 12.0 Å². The zero-order valence-corrected chi connectivity index (χ0v) is 13.0. The molecule has 2 fully saturated rings. The van der Waals surface area contributed by atoms with Gasteiger partial charge >= 0.3 is 0 Å². The number of nitrogens with one attached hydrogen (secondary N) is 2. The zero-order chi connectivity index (χ0) is 14.9. The molecule has 0 aromatic carbocycles. The summed E-state index contributed by atoms with van der Waals surface area (Å²) in [5.74, 6) is 1.33. The van der Waals surface area contributed by atoms with Crippen LogP contribution in [0, 0.1) is 11.3 Å². The lowest BCUT2D eigenvalue weighted by Crippen LogP contribution is -2.33. The van der Waals surface area contributed by atoms with Crippen molar-refractivity contribution in [1.29, 1.82) is 0 Å². The second-order valence-corrected chi connectivity index (χ2v) is 6.32. The lowest BCUT2D eigenvalue weighted by Gasteiger charge is -2.23. The molecule has 1 saturated carbocycles. The fourth-order valence-electron chi connectivity index (χ4n) is 3.63. The van der Waals surface area contributed by atoms with Gasteiger partial charge < -0.3 is 15.2 Å². The van der Waals surface area contributed by atoms with Gasteiger partial charge in [-0.1, -0.05) is 19.0 Å². The summed E-state index contributed by atoms with van der Waals surface area (Å²) < 4.78 is 5.34. The molecule has 2 N–H and O–H groups in total. The van der Waals surface area contributed by atoms with E-state index in [1.807, 2.05) is 0 Å². The number of nitrogens with zero attached hydrogens (tertiary/aromatic N) is 1. The highest BCUT2D eigenvalue weighted by Crippen LogP contribution is 2.58. The number of aromatic nitrogens is 1. The van der Waals surface area contributed by atoms with Crippen molar-refractivity contribution < 1.29 is 9.32 Å². The van der Waals surface area contributed by atoms with Crippen LogP contribution in [0.25, 0.3) is 0 Å². The molecule has 3 rings (SSSR count). The van der Waals surface area contributed by atoms with Gasteiger partial charge in [0.1, 0.15) is 5.76 Å². The second kappa shape index (κ2) is 5.79. The van der Waals surface area contributed by atoms with Crippen molar-refractivity contribution >= 4 is 5.91 Å². The van der Waals surface area contributed by atoms with E-state index in [9.17, 15) is 4.79 Å². The van der Waals surface area contributed by atoms with E-state index in [0.717, 1.165) is 62.2 Å². The van der Waals surface area contributed by atoms with Gasteiger partial charge in [-0.2, -0.15) is 0 Å². The number of rotatable bonds is 5. The van der Waals surface area contributed by atoms with Crippen molar-refractivity contribution in [2.45, 2.75) is 52.5 Å². The maximum atomic E-state index is 12.4. The van der Waals surface area contributed by atoms with E-state index in [4.69, 9.17) is 4.52 Å². The first-order chi connectivity index (χ1) is 10.2. The van der Waals surface area contributed by atoms with Crippen molar-refractivity contribution in [2.75, 3.05) is 13.1 Å². The number of aryl methyl sites for hydroxylation is 2. The van der Waals surface area contributed by atoms with E-state index in [1.54, 1.807) is 0 Å². The standard InChI is InChI=1S/C16H25N3O2/c1-3-13-11(14(4-2)21-19-13)10-18-15(20)12-9-16(12)5-7-17-8-6-16/h12,17H,3-10H2,1-2H3,(H,18,20). The Morgan fingerprint density at radius 1 is 1.38 bits per heavy atom. The highest BCUT2D eigenvalue weighted by Gasteiger charge is 2.57. The lowest BCUT2D eigenvalue weighted by atomic mass is 9.92. The quantitative estimate of drug-likeness (QED) is 0.868. The number of carbonyl (C=O) groups is 1. The normalized spacial score (nSPS) is 23.2. The van der Waals surface area contributed by atoms with Crippen LogP contribution in [0.5, 0.6) is 0 Å². The largest absolute Gasteiger partial charge is 0.361 e. The van der Waals surface area contributed by atoms with Crippen LogP contribution < -0.4 is 10.6 Å². The minimum atomic E-state index is 0.210. The first-order valence-corrected chi connectivity index (χ1v) is 8.15. The molecule has 5 heteroatoms. The Kier molecular flexibility index (Phi) is 4.02. The Hall–Kier alpha value is -1.36. The third-order valence-corrected chi connectivity index (χ3v) is 5.15. The minimum Gasteiger partial charge on any atom is -0.361 e. The topological polar surface area (TPSA) is 67.2 Å². The molecule has 1 saturated heterocycles. The fraction of sp³-hybridized carbons (Fsp3) is 0.750. The van der Waals surface area contributed by atoms with Gasteiger partial charge in [0.05, 0.1) is 5.69 Å². The van der Waals surface area contributed by atoms with E-state index < -0.39 is 0 Å². The molecule has 1 spiro atoms. The molecule has 116 valence electrons. The molecule has 1 aliphatic carbocycles. The van der Waals surface area contributed by atoms with Crippen molar-refractivity contribution in [1.82, 2.24) is 15.8 Å². The minimum absolute atomic E-state index is 0.210. The molecular weight excluding hydrogens is 266 g/mol. The summed E-state index contributed by atoms with van der Waals surface area (Å²) in [5, 5.41) is 10.6. The van der Waals surface area contributed by atoms with Crippen molar-refractivity contribution in [3.05, 3.63) is 17.0 Å². The fourth-order valence-corrected chi connectivity index (χ4v) is 3.63. The Balaban J connectivity index is 1.58. The van der Waals surface area contributed by atoms with Crippen LogP contribution >= 0.6 is 0 Å². The summed E-state index contributed by atoms with van der Waals surface area (Å²) in [6.45, 7) is 6.77. The summed E-state index contributed by atoms with van der Waals surface area (Å²) >= 11 is 0. The van der Waals surface area contributed by atoms with Gasteiger partial charge in [-0.25, -0.2) is 0 Å². The van der Waals surface area contributed by atoms with Crippen LogP contribution in [0.1, 0.15) is 50.1 Å². The zero-order valence-electron chi connectivity index (χ0n) is 13.0. The van der Waals surface area contributed by atoms with Gasteiger partial charge in [-0.3, -0.25) is 4.79 Å². The molecule has 2 heterocycles. The molecule has 21 heavy (non-hydrogen) atoms. The first-order valence-electron chi connectivity index (χ1n) is 8.15. The molecule has 1 unspecified atom stereocenters. The Morgan fingerprint density at radius 2 is 2.14 bits per heavy atom. The van der Waals surface area contributed by atoms with Crippen LogP contribution in [0.15, 0.2) is 4.52 Å². The number of carbonyl (C=O) groups excluding carboxylic acids is 1. The molecule has 0 bridgehead atoms. The van der Waals surface area contributed by atoms with Crippen molar-refractivity contribution in [3.8, 4) is 0 Å². The van der Waals surface area contributed by atoms with Gasteiger partial charge in [-0.15, -0.1) is 0 Å². The summed E-state index contributed by atoms with van der Waals surface area (Å²) in [6, 6.07) is 0. The predicted molar refractivity (Wildman–Crippen MR) is 79.7 cm³/mol. The molecule has 0 radical (unpaired) electrons. The molecule has 1 amide bonds. The van der Waals surface area contributed by atoms with Crippen molar-refractivity contribution in [2.24, 2.45) is 11.3 Å². The molecular formula is C16H25N3O2. The highest BCUT2D eigenvalue weighted by atomic mass is 16.5. The third-order valence-electron chi connectivity index (χ3n) is 5.15. The van der Waals surface area contributed by atoms with Crippen LogP contribution in [0.4, 0.5) is 0 Å². The van der Waals surface area contributed by atoms with Gasteiger partial charge in [0.15, 0.2) is 0 Å². The van der Waals surface area contributed by atoms with Gasteiger partial charge in [0, 0.05) is 24.4 Å². The second-order valence-electron chi connectivity index (χ2n) is 6.32. The average molecular weight is 291 g/mol. The van der Waals surface area contributed by atoms with Crippen LogP contribution in [-0.2, 0) is 24.2 Å². The predicted octanol–water partition coefficient (Wildman–Crippen LogP) is 1.81. The van der Waals surface area contributed by atoms with Crippen molar-refractivity contribution in [3.63, 3.8) is 0 Å². The molecule has 1 atom stereocenters. The smallest absolute Gasteiger partial charge is 0.223 e. The summed E-state index contributed by atoms with van der Waals surface area (Å²) in [7, 11) is 0. The highest BCUT2D eigenvalue weighted by molar-refractivity contribution is 5.82. The Labute approximate surface area is 125 Å². The molecule has 2 aliphatic rings. The maximum absolute atomic E-state index is 12.4. The SMILES string of the molecule is CCc1noc(CC)c1CNC(=O)C1CC12CCNCC2. The van der Waals surface area contributed by atoms with Crippen LogP contribution in [-0.4, -0.2) is 24.2 Å². The van der Waals surface area contributed by atoms with E-state index in [-0.39, 0.29) is 11.8 Å². The summed E-state index contributed by atoms with van der Waals surface area (Å²) in [6.07, 6.45) is 4.99.